The lowest BCUT2D eigenvalue weighted by Crippen LogP contribution is -2.50. The molecule has 4 rings (SSSR count). The molecule has 0 spiro atoms. The average molecular weight is 398 g/mol. The van der Waals surface area contributed by atoms with Crippen LogP contribution in [0.1, 0.15) is 51.9 Å². The molecule has 146 valence electrons. The van der Waals surface area contributed by atoms with Gasteiger partial charge in [-0.15, -0.1) is 23.5 Å². The first kappa shape index (κ1) is 18.9. The molecule has 2 amide bonds. The molecule has 3 saturated heterocycles. The molecule has 4 fully saturated rings. The van der Waals surface area contributed by atoms with E-state index in [1.807, 2.05) is 4.90 Å². The number of likely N-dealkylation sites (tertiary alicyclic amines) is 1. The van der Waals surface area contributed by atoms with Crippen molar-refractivity contribution < 1.29 is 9.59 Å². The molecule has 2 N–H and O–H groups in total. The van der Waals surface area contributed by atoms with Crippen molar-refractivity contribution in [3.8, 4) is 0 Å². The van der Waals surface area contributed by atoms with E-state index < -0.39 is 0 Å². The molecule has 26 heavy (non-hydrogen) atoms. The van der Waals surface area contributed by atoms with Crippen LogP contribution >= 0.6 is 23.5 Å². The van der Waals surface area contributed by atoms with Crippen LogP contribution in [0.3, 0.4) is 0 Å². The topological polar surface area (TPSA) is 61.4 Å². The first-order chi connectivity index (χ1) is 12.6. The van der Waals surface area contributed by atoms with E-state index in [2.05, 4.69) is 17.6 Å². The van der Waals surface area contributed by atoms with E-state index >= 15 is 0 Å². The van der Waals surface area contributed by atoms with E-state index in [4.69, 9.17) is 0 Å². The van der Waals surface area contributed by atoms with Crippen molar-refractivity contribution in [3.63, 3.8) is 0 Å². The number of fused-ring (bicyclic) bond motifs is 1. The maximum absolute atomic E-state index is 13.0. The number of piperidine rings is 1. The molecule has 0 radical (unpaired) electrons. The van der Waals surface area contributed by atoms with Crippen LogP contribution in [-0.4, -0.2) is 57.6 Å². The predicted octanol–water partition coefficient (Wildman–Crippen LogP) is 2.41. The first-order valence-electron chi connectivity index (χ1n) is 10.2. The minimum absolute atomic E-state index is 0.0500. The van der Waals surface area contributed by atoms with Gasteiger partial charge in [0.15, 0.2) is 0 Å². The number of nitrogens with zero attached hydrogens (tertiary/aromatic N) is 1. The molecular formula is C19H31N3O2S2. The van der Waals surface area contributed by atoms with E-state index in [1.54, 1.807) is 23.5 Å². The van der Waals surface area contributed by atoms with Crippen LogP contribution in [0.25, 0.3) is 0 Å². The third-order valence-electron chi connectivity index (χ3n) is 6.41. The van der Waals surface area contributed by atoms with Gasteiger partial charge in [-0.3, -0.25) is 14.9 Å². The summed E-state index contributed by atoms with van der Waals surface area (Å²) in [5, 5.41) is 7.12. The second kappa shape index (κ2) is 8.31. The Hall–Kier alpha value is -0.400. The molecule has 0 aromatic heterocycles. The van der Waals surface area contributed by atoms with Crippen LogP contribution in [0.5, 0.6) is 0 Å². The van der Waals surface area contributed by atoms with Crippen LogP contribution in [0.4, 0.5) is 0 Å². The molecule has 0 aromatic rings. The average Bonchev–Trinajstić information content (AvgIpc) is 3.28. The zero-order chi connectivity index (χ0) is 18.1. The van der Waals surface area contributed by atoms with Crippen LogP contribution in [0.15, 0.2) is 0 Å². The monoisotopic (exact) mass is 397 g/mol. The van der Waals surface area contributed by atoms with Crippen molar-refractivity contribution in [2.75, 3.05) is 18.8 Å². The molecule has 5 atom stereocenters. The van der Waals surface area contributed by atoms with Crippen LogP contribution < -0.4 is 10.6 Å². The fraction of sp³-hybridized carbons (Fsp3) is 0.895. The SMILES string of the molecule is CC1CCN(C(=O)C2CCSC2NC(=O)C2NC3CCCCC3S2)CC1. The number of carbonyl (C=O) groups is 2. The molecule has 7 heteroatoms. The molecule has 3 aliphatic heterocycles. The van der Waals surface area contributed by atoms with Gasteiger partial charge in [0.05, 0.1) is 11.3 Å². The highest BCUT2D eigenvalue weighted by molar-refractivity contribution is 8.01. The van der Waals surface area contributed by atoms with E-state index in [9.17, 15) is 9.59 Å². The number of hydrogen-bond acceptors (Lipinski definition) is 5. The smallest absolute Gasteiger partial charge is 0.248 e. The second-order valence-electron chi connectivity index (χ2n) is 8.32. The second-order valence-corrected chi connectivity index (χ2v) is 10.9. The highest BCUT2D eigenvalue weighted by Gasteiger charge is 2.42. The Labute approximate surface area is 165 Å². The summed E-state index contributed by atoms with van der Waals surface area (Å²) in [5.74, 6) is 1.97. The lowest BCUT2D eigenvalue weighted by Gasteiger charge is -2.33. The number of rotatable bonds is 3. The van der Waals surface area contributed by atoms with E-state index in [0.29, 0.717) is 11.3 Å². The van der Waals surface area contributed by atoms with Gasteiger partial charge in [-0.25, -0.2) is 0 Å². The van der Waals surface area contributed by atoms with Crippen molar-refractivity contribution >= 4 is 35.3 Å². The molecule has 0 bridgehead atoms. The highest BCUT2D eigenvalue weighted by atomic mass is 32.2. The fourth-order valence-corrected chi connectivity index (χ4v) is 7.49. The molecule has 4 aliphatic rings. The Balaban J connectivity index is 1.32. The molecule has 1 aliphatic carbocycles. The highest BCUT2D eigenvalue weighted by Crippen LogP contribution is 2.38. The third kappa shape index (κ3) is 4.04. The maximum atomic E-state index is 13.0. The Morgan fingerprint density at radius 2 is 1.85 bits per heavy atom. The summed E-state index contributed by atoms with van der Waals surface area (Å²) in [7, 11) is 0. The van der Waals surface area contributed by atoms with Crippen LogP contribution in [0, 0.1) is 11.8 Å². The molecule has 0 aromatic carbocycles. The zero-order valence-corrected chi connectivity index (χ0v) is 17.2. The van der Waals surface area contributed by atoms with Gasteiger partial charge in [-0.2, -0.15) is 0 Å². The van der Waals surface area contributed by atoms with Crippen molar-refractivity contribution in [2.24, 2.45) is 11.8 Å². The van der Waals surface area contributed by atoms with Crippen molar-refractivity contribution in [1.29, 1.82) is 0 Å². The molecular weight excluding hydrogens is 366 g/mol. The summed E-state index contributed by atoms with van der Waals surface area (Å²) in [6.07, 6.45) is 8.06. The number of amides is 2. The van der Waals surface area contributed by atoms with E-state index in [1.165, 1.54) is 25.7 Å². The number of carbonyl (C=O) groups excluding carboxylic acids is 2. The van der Waals surface area contributed by atoms with Crippen molar-refractivity contribution in [1.82, 2.24) is 15.5 Å². The summed E-state index contributed by atoms with van der Waals surface area (Å²) in [5.41, 5.74) is 0. The van der Waals surface area contributed by atoms with E-state index in [-0.39, 0.29) is 28.5 Å². The predicted molar refractivity (Wildman–Crippen MR) is 108 cm³/mol. The summed E-state index contributed by atoms with van der Waals surface area (Å²) in [6, 6.07) is 0.494. The normalized spacial score (nSPS) is 38.2. The van der Waals surface area contributed by atoms with Crippen LogP contribution in [-0.2, 0) is 9.59 Å². The van der Waals surface area contributed by atoms with Gasteiger partial charge in [0.1, 0.15) is 5.37 Å². The zero-order valence-electron chi connectivity index (χ0n) is 15.6. The minimum atomic E-state index is -0.143. The fourth-order valence-electron chi connectivity index (χ4n) is 4.66. The quantitative estimate of drug-likeness (QED) is 0.766. The van der Waals surface area contributed by atoms with Gasteiger partial charge in [0.2, 0.25) is 11.8 Å². The lowest BCUT2D eigenvalue weighted by atomic mass is 9.95. The van der Waals surface area contributed by atoms with Gasteiger partial charge in [0, 0.05) is 24.4 Å². The minimum Gasteiger partial charge on any atom is -0.342 e. The molecule has 5 nitrogen and oxygen atoms in total. The molecule has 3 heterocycles. The number of thioether (sulfide) groups is 2. The Bertz CT molecular complexity index is 525. The summed E-state index contributed by atoms with van der Waals surface area (Å²) >= 11 is 3.54. The van der Waals surface area contributed by atoms with Crippen LogP contribution in [0.2, 0.25) is 0 Å². The summed E-state index contributed by atoms with van der Waals surface area (Å²) in [6.45, 7) is 4.02. The van der Waals surface area contributed by atoms with Gasteiger partial charge in [-0.05, 0) is 43.8 Å². The van der Waals surface area contributed by atoms with Gasteiger partial charge in [-0.1, -0.05) is 19.8 Å². The summed E-state index contributed by atoms with van der Waals surface area (Å²) < 4.78 is 0. The van der Waals surface area contributed by atoms with Gasteiger partial charge in [0.25, 0.3) is 0 Å². The van der Waals surface area contributed by atoms with E-state index in [0.717, 1.165) is 44.0 Å². The standard InChI is InChI=1S/C19H31N3O2S2/c1-12-6-9-22(10-7-12)19(24)13-8-11-25-17(13)21-16(23)18-20-14-4-2-3-5-15(14)26-18/h12-15,17-18,20H,2-11H2,1H3,(H,21,23). The Morgan fingerprint density at radius 1 is 1.08 bits per heavy atom. The lowest BCUT2D eigenvalue weighted by molar-refractivity contribution is -0.137. The number of hydrogen-bond donors (Lipinski definition) is 2. The molecule has 5 unspecified atom stereocenters. The van der Waals surface area contributed by atoms with Crippen molar-refractivity contribution in [2.45, 2.75) is 73.9 Å². The Kier molecular flexibility index (Phi) is 6.05. The van der Waals surface area contributed by atoms with Gasteiger partial charge >= 0.3 is 0 Å². The van der Waals surface area contributed by atoms with Gasteiger partial charge < -0.3 is 10.2 Å². The first-order valence-corrected chi connectivity index (χ1v) is 12.2. The summed E-state index contributed by atoms with van der Waals surface area (Å²) in [4.78, 5) is 27.8. The largest absolute Gasteiger partial charge is 0.342 e. The maximum Gasteiger partial charge on any atom is 0.248 e. The molecule has 1 saturated carbocycles. The number of nitrogens with one attached hydrogen (secondary N) is 2. The Morgan fingerprint density at radius 3 is 2.62 bits per heavy atom. The van der Waals surface area contributed by atoms with Crippen molar-refractivity contribution in [3.05, 3.63) is 0 Å². The third-order valence-corrected chi connectivity index (χ3v) is 9.22.